The van der Waals surface area contributed by atoms with E-state index in [1.807, 2.05) is 0 Å². The van der Waals surface area contributed by atoms with Crippen LogP contribution < -0.4 is 5.32 Å². The van der Waals surface area contributed by atoms with E-state index in [-0.39, 0.29) is 15.5 Å². The number of benzene rings is 2. The number of nitrogens with one attached hydrogen (secondary N) is 1. The number of amides is 1. The molecule has 1 N–H and O–H groups in total. The van der Waals surface area contributed by atoms with Crippen molar-refractivity contribution in [3.63, 3.8) is 0 Å². The number of carbonyl (C=O) groups is 2. The van der Waals surface area contributed by atoms with Gasteiger partial charge in [0.15, 0.2) is 6.61 Å². The Morgan fingerprint density at radius 3 is 2.44 bits per heavy atom. The number of rotatable bonds is 7. The fourth-order valence-electron chi connectivity index (χ4n) is 2.00. The minimum absolute atomic E-state index is 0.0741. The third-order valence-electron chi connectivity index (χ3n) is 3.43. The topological polar surface area (TPSA) is 102 Å². The van der Waals surface area contributed by atoms with E-state index in [4.69, 9.17) is 16.3 Å². The molecular formula is C17H17ClN2O6S. The second kappa shape index (κ2) is 8.96. The Bertz CT molecular complexity index is 934. The molecule has 0 bridgehead atoms. The van der Waals surface area contributed by atoms with Crippen molar-refractivity contribution in [3.8, 4) is 0 Å². The smallest absolute Gasteiger partial charge is 0.338 e. The number of esters is 1. The van der Waals surface area contributed by atoms with Crippen LogP contribution >= 0.6 is 11.6 Å². The van der Waals surface area contributed by atoms with Crippen molar-refractivity contribution in [3.05, 3.63) is 59.1 Å². The van der Waals surface area contributed by atoms with Gasteiger partial charge in [-0.15, -0.1) is 0 Å². The highest BCUT2D eigenvalue weighted by Gasteiger charge is 2.25. The van der Waals surface area contributed by atoms with Gasteiger partial charge in [-0.05, 0) is 30.3 Å². The lowest BCUT2D eigenvalue weighted by Crippen LogP contribution is -2.26. The normalized spacial score (nSPS) is 11.3. The highest BCUT2D eigenvalue weighted by Crippen LogP contribution is 2.25. The molecule has 0 unspecified atom stereocenters. The summed E-state index contributed by atoms with van der Waals surface area (Å²) in [5.74, 6) is -1.40. The number of hydroxylamine groups is 1. The summed E-state index contributed by atoms with van der Waals surface area (Å²) in [4.78, 5) is 28.3. The number of anilines is 1. The minimum atomic E-state index is -4.06. The molecule has 0 saturated heterocycles. The molecule has 2 aromatic rings. The Hall–Kier alpha value is -2.46. The van der Waals surface area contributed by atoms with E-state index in [2.05, 4.69) is 10.2 Å². The van der Waals surface area contributed by atoms with Gasteiger partial charge in [0.25, 0.3) is 15.9 Å². The maximum absolute atomic E-state index is 12.3. The molecule has 144 valence electrons. The zero-order valence-corrected chi connectivity index (χ0v) is 16.1. The maximum atomic E-state index is 12.3. The van der Waals surface area contributed by atoms with Crippen LogP contribution in [0.5, 0.6) is 0 Å². The molecule has 1 amide bonds. The Balaban J connectivity index is 2.09. The molecule has 0 aliphatic rings. The third-order valence-corrected chi connectivity index (χ3v) is 5.59. The van der Waals surface area contributed by atoms with E-state index in [1.165, 1.54) is 26.3 Å². The highest BCUT2D eigenvalue weighted by atomic mass is 35.5. The molecule has 0 aliphatic carbocycles. The van der Waals surface area contributed by atoms with Gasteiger partial charge >= 0.3 is 5.97 Å². The van der Waals surface area contributed by atoms with Gasteiger partial charge in [0.05, 0.1) is 17.7 Å². The summed E-state index contributed by atoms with van der Waals surface area (Å²) in [6.07, 6.45) is 0. The summed E-state index contributed by atoms with van der Waals surface area (Å²) >= 11 is 5.93. The number of ether oxygens (including phenoxy) is 1. The van der Waals surface area contributed by atoms with Gasteiger partial charge in [0.1, 0.15) is 4.90 Å². The zero-order chi connectivity index (χ0) is 20.0. The second-order valence-corrected chi connectivity index (χ2v) is 7.54. The van der Waals surface area contributed by atoms with E-state index >= 15 is 0 Å². The summed E-state index contributed by atoms with van der Waals surface area (Å²) in [5.41, 5.74) is 0.482. The molecule has 2 rings (SSSR count). The van der Waals surface area contributed by atoms with Crippen LogP contribution in [0.15, 0.2) is 53.4 Å². The molecule has 0 spiro atoms. The van der Waals surface area contributed by atoms with E-state index in [0.717, 1.165) is 6.07 Å². The van der Waals surface area contributed by atoms with Crippen LogP contribution in [0, 0.1) is 0 Å². The number of halogens is 1. The number of sulfonamides is 1. The summed E-state index contributed by atoms with van der Waals surface area (Å²) < 4.78 is 30.2. The molecule has 0 fully saturated rings. The molecule has 0 radical (unpaired) electrons. The predicted octanol–water partition coefficient (Wildman–Crippen LogP) is 2.32. The molecule has 2 aromatic carbocycles. The Morgan fingerprint density at radius 1 is 1.15 bits per heavy atom. The van der Waals surface area contributed by atoms with Crippen molar-refractivity contribution < 1.29 is 27.6 Å². The van der Waals surface area contributed by atoms with Crippen LogP contribution in [0.3, 0.4) is 0 Å². The molecule has 0 heterocycles. The first kappa shape index (κ1) is 20.8. The number of hydrogen-bond acceptors (Lipinski definition) is 6. The molecule has 8 nitrogen and oxygen atoms in total. The first-order chi connectivity index (χ1) is 12.8. The third kappa shape index (κ3) is 5.27. The summed E-state index contributed by atoms with van der Waals surface area (Å²) in [7, 11) is -1.69. The van der Waals surface area contributed by atoms with Gasteiger partial charge in [-0.25, -0.2) is 13.2 Å². The molecule has 0 aromatic heterocycles. The van der Waals surface area contributed by atoms with Crippen LogP contribution in [0.4, 0.5) is 5.69 Å². The second-order valence-electron chi connectivity index (χ2n) is 5.23. The highest BCUT2D eigenvalue weighted by molar-refractivity contribution is 7.89. The average Bonchev–Trinajstić information content (AvgIpc) is 2.66. The Morgan fingerprint density at radius 2 is 1.81 bits per heavy atom. The van der Waals surface area contributed by atoms with Gasteiger partial charge in [-0.1, -0.05) is 34.3 Å². The molecule has 0 aliphatic heterocycles. The first-order valence-corrected chi connectivity index (χ1v) is 9.42. The largest absolute Gasteiger partial charge is 0.452 e. The molecule has 27 heavy (non-hydrogen) atoms. The van der Waals surface area contributed by atoms with Gasteiger partial charge in [0.2, 0.25) is 0 Å². The minimum Gasteiger partial charge on any atom is -0.452 e. The fourth-order valence-corrected chi connectivity index (χ4v) is 3.47. The van der Waals surface area contributed by atoms with Crippen LogP contribution in [0.25, 0.3) is 0 Å². The first-order valence-electron chi connectivity index (χ1n) is 7.60. The maximum Gasteiger partial charge on any atom is 0.338 e. The number of carbonyl (C=O) groups excluding carboxylic acids is 2. The number of hydrogen-bond donors (Lipinski definition) is 1. The van der Waals surface area contributed by atoms with Gasteiger partial charge in [-0.3, -0.25) is 9.63 Å². The molecular weight excluding hydrogens is 396 g/mol. The monoisotopic (exact) mass is 412 g/mol. The summed E-state index contributed by atoms with van der Waals surface area (Å²) in [5, 5.41) is 2.47. The molecule has 10 heteroatoms. The number of para-hydroxylation sites is 1. The van der Waals surface area contributed by atoms with Crippen LogP contribution in [0.2, 0.25) is 5.02 Å². The van der Waals surface area contributed by atoms with Crippen LogP contribution in [-0.2, 0) is 24.4 Å². The lowest BCUT2D eigenvalue weighted by molar-refractivity contribution is -0.119. The lowest BCUT2D eigenvalue weighted by atomic mass is 10.2. The van der Waals surface area contributed by atoms with E-state index < -0.39 is 28.5 Å². The molecule has 0 atom stereocenters. The van der Waals surface area contributed by atoms with Crippen LogP contribution in [-0.4, -0.2) is 45.5 Å². The Kier molecular flexibility index (Phi) is 6.92. The van der Waals surface area contributed by atoms with Crippen molar-refractivity contribution in [2.24, 2.45) is 0 Å². The predicted molar refractivity (Wildman–Crippen MR) is 98.8 cm³/mol. The fraction of sp³-hybridized carbons (Fsp3) is 0.176. The quantitative estimate of drug-likeness (QED) is 0.553. The van der Waals surface area contributed by atoms with Crippen molar-refractivity contribution in [2.75, 3.05) is 26.1 Å². The standard InChI is InChI=1S/C17H17ClN2O6S/c1-20(25-2)27(23,24)15-10-12(8-9-14(15)18)17(22)26-11-16(21)19-13-6-4-3-5-7-13/h3-10H,11H2,1-2H3,(H,19,21). The van der Waals surface area contributed by atoms with E-state index in [1.54, 1.807) is 30.3 Å². The van der Waals surface area contributed by atoms with E-state index in [9.17, 15) is 18.0 Å². The average molecular weight is 413 g/mol. The van der Waals surface area contributed by atoms with E-state index in [0.29, 0.717) is 10.2 Å². The van der Waals surface area contributed by atoms with Crippen molar-refractivity contribution in [1.29, 1.82) is 0 Å². The van der Waals surface area contributed by atoms with Gasteiger partial charge < -0.3 is 10.1 Å². The SMILES string of the molecule is CON(C)S(=O)(=O)c1cc(C(=O)OCC(=O)Nc2ccccc2)ccc1Cl. The van der Waals surface area contributed by atoms with Crippen LogP contribution in [0.1, 0.15) is 10.4 Å². The zero-order valence-electron chi connectivity index (χ0n) is 14.5. The number of nitrogens with zero attached hydrogens (tertiary/aromatic N) is 1. The molecule has 0 saturated carbocycles. The van der Waals surface area contributed by atoms with Gasteiger partial charge in [-0.2, -0.15) is 0 Å². The Labute approximate surface area is 161 Å². The summed E-state index contributed by atoms with van der Waals surface area (Å²) in [6.45, 7) is -0.531. The van der Waals surface area contributed by atoms with Crippen molar-refractivity contribution >= 4 is 39.2 Å². The lowest BCUT2D eigenvalue weighted by Gasteiger charge is -2.15. The van der Waals surface area contributed by atoms with Gasteiger partial charge in [0, 0.05) is 12.7 Å². The summed E-state index contributed by atoms with van der Waals surface area (Å²) in [6, 6.07) is 12.3. The van der Waals surface area contributed by atoms with Crippen molar-refractivity contribution in [1.82, 2.24) is 4.47 Å². The van der Waals surface area contributed by atoms with Crippen molar-refractivity contribution in [2.45, 2.75) is 4.90 Å².